The molecule has 1 atom stereocenters. The summed E-state index contributed by atoms with van der Waals surface area (Å²) >= 11 is 0. The fourth-order valence-electron chi connectivity index (χ4n) is 2.22. The van der Waals surface area contributed by atoms with Gasteiger partial charge in [-0.25, -0.2) is 0 Å². The molecule has 0 fully saturated rings. The fraction of sp³-hybridized carbons (Fsp3) is 0.294. The maximum Gasteiger partial charge on any atom is 0.119 e. The van der Waals surface area contributed by atoms with E-state index in [1.807, 2.05) is 25.1 Å². The van der Waals surface area contributed by atoms with E-state index in [0.717, 1.165) is 17.7 Å². The first-order valence-electron chi connectivity index (χ1n) is 6.97. The first kappa shape index (κ1) is 14.6. The molecule has 3 N–H and O–H groups in total. The summed E-state index contributed by atoms with van der Waals surface area (Å²) in [5, 5.41) is 0. The van der Waals surface area contributed by atoms with Crippen molar-refractivity contribution < 1.29 is 4.74 Å². The molecule has 3 heteroatoms. The molecule has 3 nitrogen and oxygen atoms in total. The third-order valence-electron chi connectivity index (χ3n) is 3.33. The minimum absolute atomic E-state index is 0.0816. The van der Waals surface area contributed by atoms with E-state index in [1.165, 1.54) is 11.1 Å². The molecule has 0 heterocycles. The predicted molar refractivity (Wildman–Crippen MR) is 82.6 cm³/mol. The highest BCUT2D eigenvalue weighted by Gasteiger charge is 2.11. The van der Waals surface area contributed by atoms with Crippen molar-refractivity contribution in [3.05, 3.63) is 65.2 Å². The number of hydrazine groups is 1. The molecule has 0 aliphatic heterocycles. The van der Waals surface area contributed by atoms with Gasteiger partial charge in [0.05, 0.1) is 12.6 Å². The Labute approximate surface area is 120 Å². The van der Waals surface area contributed by atoms with Gasteiger partial charge in [0.15, 0.2) is 0 Å². The zero-order valence-corrected chi connectivity index (χ0v) is 12.1. The molecular weight excluding hydrogens is 248 g/mol. The first-order chi connectivity index (χ1) is 9.72. The van der Waals surface area contributed by atoms with Gasteiger partial charge in [-0.1, -0.05) is 42.0 Å². The van der Waals surface area contributed by atoms with Gasteiger partial charge in [-0.2, -0.15) is 0 Å². The summed E-state index contributed by atoms with van der Waals surface area (Å²) in [5.74, 6) is 6.60. The number of hydrogen-bond acceptors (Lipinski definition) is 3. The lowest BCUT2D eigenvalue weighted by Gasteiger charge is -2.17. The quantitative estimate of drug-likeness (QED) is 0.626. The molecule has 0 bridgehead atoms. The molecule has 0 amide bonds. The van der Waals surface area contributed by atoms with Crippen LogP contribution in [-0.4, -0.2) is 6.61 Å². The van der Waals surface area contributed by atoms with Gasteiger partial charge in [-0.3, -0.25) is 11.3 Å². The average molecular weight is 270 g/mol. The van der Waals surface area contributed by atoms with Crippen molar-refractivity contribution in [2.45, 2.75) is 26.3 Å². The van der Waals surface area contributed by atoms with Gasteiger partial charge in [0, 0.05) is 0 Å². The molecule has 106 valence electrons. The fourth-order valence-corrected chi connectivity index (χ4v) is 2.22. The van der Waals surface area contributed by atoms with Crippen LogP contribution in [0.15, 0.2) is 48.5 Å². The smallest absolute Gasteiger partial charge is 0.119 e. The summed E-state index contributed by atoms with van der Waals surface area (Å²) in [6.45, 7) is 4.74. The minimum Gasteiger partial charge on any atom is -0.494 e. The number of hydrogen-bond donors (Lipinski definition) is 2. The molecule has 20 heavy (non-hydrogen) atoms. The van der Waals surface area contributed by atoms with Gasteiger partial charge in [0.25, 0.3) is 0 Å². The highest BCUT2D eigenvalue weighted by Crippen LogP contribution is 2.22. The summed E-state index contributed by atoms with van der Waals surface area (Å²) in [4.78, 5) is 0. The summed E-state index contributed by atoms with van der Waals surface area (Å²) in [5.41, 5.74) is 6.57. The lowest BCUT2D eigenvalue weighted by Crippen LogP contribution is -2.29. The van der Waals surface area contributed by atoms with Crippen molar-refractivity contribution in [2.75, 3.05) is 6.61 Å². The molecule has 0 aromatic heterocycles. The van der Waals surface area contributed by atoms with E-state index in [-0.39, 0.29) is 6.04 Å². The number of nitrogens with one attached hydrogen (secondary N) is 1. The van der Waals surface area contributed by atoms with Gasteiger partial charge >= 0.3 is 0 Å². The van der Waals surface area contributed by atoms with Gasteiger partial charge in [-0.15, -0.1) is 0 Å². The Hall–Kier alpha value is -1.84. The molecule has 0 saturated carbocycles. The molecule has 0 spiro atoms. The molecular formula is C17H22N2O. The Balaban J connectivity index is 2.15. The molecule has 0 aliphatic carbocycles. The molecule has 2 aromatic rings. The SMILES string of the molecule is CCOc1cccc(C(Cc2ccc(C)cc2)NN)c1. The summed E-state index contributed by atoms with van der Waals surface area (Å²) in [6.07, 6.45) is 0.854. The molecule has 2 rings (SSSR count). The number of aryl methyl sites for hydroxylation is 1. The van der Waals surface area contributed by atoms with Crippen LogP contribution in [0.25, 0.3) is 0 Å². The normalized spacial score (nSPS) is 12.2. The zero-order valence-electron chi connectivity index (χ0n) is 12.1. The van der Waals surface area contributed by atoms with E-state index in [4.69, 9.17) is 10.6 Å². The highest BCUT2D eigenvalue weighted by molar-refractivity contribution is 5.32. The second kappa shape index (κ2) is 7.08. The average Bonchev–Trinajstić information content (AvgIpc) is 2.47. The number of ether oxygens (including phenoxy) is 1. The number of rotatable bonds is 6. The number of nitrogens with two attached hydrogens (primary N) is 1. The van der Waals surface area contributed by atoms with Gasteiger partial charge in [0.2, 0.25) is 0 Å². The van der Waals surface area contributed by atoms with E-state index in [9.17, 15) is 0 Å². The monoisotopic (exact) mass is 270 g/mol. The Morgan fingerprint density at radius 2 is 1.90 bits per heavy atom. The molecule has 0 radical (unpaired) electrons. The largest absolute Gasteiger partial charge is 0.494 e. The van der Waals surface area contributed by atoms with E-state index in [2.05, 4.69) is 42.7 Å². The second-order valence-electron chi connectivity index (χ2n) is 4.91. The minimum atomic E-state index is 0.0816. The van der Waals surface area contributed by atoms with E-state index in [1.54, 1.807) is 0 Å². The summed E-state index contributed by atoms with van der Waals surface area (Å²) < 4.78 is 5.54. The summed E-state index contributed by atoms with van der Waals surface area (Å²) in [6, 6.07) is 16.7. The third kappa shape index (κ3) is 3.83. The van der Waals surface area contributed by atoms with Gasteiger partial charge in [0.1, 0.15) is 5.75 Å². The van der Waals surface area contributed by atoms with E-state index >= 15 is 0 Å². The molecule has 2 aromatic carbocycles. The Bertz CT molecular complexity index is 537. The lowest BCUT2D eigenvalue weighted by atomic mass is 9.98. The zero-order chi connectivity index (χ0) is 14.4. The van der Waals surface area contributed by atoms with Crippen molar-refractivity contribution in [2.24, 2.45) is 5.84 Å². The Morgan fingerprint density at radius 1 is 1.15 bits per heavy atom. The van der Waals surface area contributed by atoms with Crippen molar-refractivity contribution >= 4 is 0 Å². The molecule has 0 saturated heterocycles. The van der Waals surface area contributed by atoms with Crippen molar-refractivity contribution in [1.29, 1.82) is 0 Å². The van der Waals surface area contributed by atoms with E-state index in [0.29, 0.717) is 6.61 Å². The van der Waals surface area contributed by atoms with Crippen molar-refractivity contribution in [3.63, 3.8) is 0 Å². The standard InChI is InChI=1S/C17H22N2O/c1-3-20-16-6-4-5-15(12-16)17(19-18)11-14-9-7-13(2)8-10-14/h4-10,12,17,19H,3,11,18H2,1-2H3. The topological polar surface area (TPSA) is 47.3 Å². The molecule has 0 aliphatic rings. The van der Waals surface area contributed by atoms with Crippen molar-refractivity contribution in [3.8, 4) is 5.75 Å². The van der Waals surface area contributed by atoms with Gasteiger partial charge in [-0.05, 0) is 43.5 Å². The van der Waals surface area contributed by atoms with Crippen LogP contribution in [0.5, 0.6) is 5.75 Å². The van der Waals surface area contributed by atoms with Crippen LogP contribution in [0.3, 0.4) is 0 Å². The summed E-state index contributed by atoms with van der Waals surface area (Å²) in [7, 11) is 0. The lowest BCUT2D eigenvalue weighted by molar-refractivity contribution is 0.339. The van der Waals surface area contributed by atoms with Crippen LogP contribution in [0.4, 0.5) is 0 Å². The second-order valence-corrected chi connectivity index (χ2v) is 4.91. The highest BCUT2D eigenvalue weighted by atomic mass is 16.5. The van der Waals surface area contributed by atoms with Crippen LogP contribution >= 0.6 is 0 Å². The predicted octanol–water partition coefficient (Wildman–Crippen LogP) is 3.14. The van der Waals surface area contributed by atoms with Crippen LogP contribution in [0.1, 0.15) is 29.7 Å². The van der Waals surface area contributed by atoms with Crippen LogP contribution in [0.2, 0.25) is 0 Å². The Morgan fingerprint density at radius 3 is 2.55 bits per heavy atom. The van der Waals surface area contributed by atoms with Gasteiger partial charge < -0.3 is 4.74 Å². The third-order valence-corrected chi connectivity index (χ3v) is 3.33. The van der Waals surface area contributed by atoms with E-state index < -0.39 is 0 Å². The van der Waals surface area contributed by atoms with Crippen LogP contribution < -0.4 is 16.0 Å². The maximum atomic E-state index is 5.72. The first-order valence-corrected chi connectivity index (χ1v) is 6.97. The van der Waals surface area contributed by atoms with Crippen LogP contribution in [0, 0.1) is 6.92 Å². The van der Waals surface area contributed by atoms with Crippen LogP contribution in [-0.2, 0) is 6.42 Å². The molecule has 1 unspecified atom stereocenters. The maximum absolute atomic E-state index is 5.72. The van der Waals surface area contributed by atoms with Crippen molar-refractivity contribution in [1.82, 2.24) is 5.43 Å². The Kier molecular flexibility index (Phi) is 5.16. The number of benzene rings is 2.